The average Bonchev–Trinajstić information content (AvgIpc) is 2.45. The van der Waals surface area contributed by atoms with E-state index in [4.69, 9.17) is 5.73 Å². The Morgan fingerprint density at radius 1 is 1.15 bits per heavy atom. The lowest BCUT2D eigenvalue weighted by Gasteiger charge is -2.41. The van der Waals surface area contributed by atoms with Gasteiger partial charge in [-0.1, -0.05) is 32.6 Å². The van der Waals surface area contributed by atoms with Gasteiger partial charge < -0.3 is 15.7 Å². The van der Waals surface area contributed by atoms with Crippen molar-refractivity contribution >= 4 is 5.91 Å². The van der Waals surface area contributed by atoms with Crippen molar-refractivity contribution < 1.29 is 9.90 Å². The zero-order valence-electron chi connectivity index (χ0n) is 12.8. The average molecular weight is 282 g/mol. The molecule has 0 spiro atoms. The highest BCUT2D eigenvalue weighted by molar-refractivity contribution is 5.80. The minimum Gasteiger partial charge on any atom is -0.395 e. The fourth-order valence-electron chi connectivity index (χ4n) is 4.05. The summed E-state index contributed by atoms with van der Waals surface area (Å²) in [5.41, 5.74) is 6.22. The molecule has 2 saturated carbocycles. The Labute approximate surface area is 122 Å². The van der Waals surface area contributed by atoms with Crippen LogP contribution in [0.5, 0.6) is 0 Å². The summed E-state index contributed by atoms with van der Waals surface area (Å²) in [5.74, 6) is 0.527. The van der Waals surface area contributed by atoms with Crippen molar-refractivity contribution in [2.24, 2.45) is 17.6 Å². The van der Waals surface area contributed by atoms with E-state index in [0.29, 0.717) is 18.5 Å². The first-order chi connectivity index (χ1) is 9.65. The number of aliphatic hydroxyl groups excluding tert-OH is 1. The fourth-order valence-corrected chi connectivity index (χ4v) is 4.05. The molecular weight excluding hydrogens is 252 g/mol. The van der Waals surface area contributed by atoms with E-state index in [9.17, 15) is 9.90 Å². The summed E-state index contributed by atoms with van der Waals surface area (Å²) in [4.78, 5) is 14.9. The molecular formula is C16H30N2O2. The third-order valence-corrected chi connectivity index (χ3v) is 5.20. The van der Waals surface area contributed by atoms with Crippen molar-refractivity contribution in [1.82, 2.24) is 4.90 Å². The molecule has 1 amide bonds. The van der Waals surface area contributed by atoms with Gasteiger partial charge in [0.1, 0.15) is 0 Å². The van der Waals surface area contributed by atoms with Crippen molar-refractivity contribution in [3.63, 3.8) is 0 Å². The molecule has 116 valence electrons. The minimum atomic E-state index is -0.0442. The summed E-state index contributed by atoms with van der Waals surface area (Å²) in [7, 11) is 0. The first-order valence-electron chi connectivity index (χ1n) is 8.32. The number of carbonyl (C=O) groups is 1. The van der Waals surface area contributed by atoms with Gasteiger partial charge in [-0.2, -0.15) is 0 Å². The Hall–Kier alpha value is -0.610. The zero-order chi connectivity index (χ0) is 14.5. The van der Waals surface area contributed by atoms with Gasteiger partial charge in [0, 0.05) is 18.6 Å². The van der Waals surface area contributed by atoms with Gasteiger partial charge in [0.25, 0.3) is 0 Å². The van der Waals surface area contributed by atoms with Crippen LogP contribution in [0.3, 0.4) is 0 Å². The molecule has 2 rings (SSSR count). The molecule has 4 nitrogen and oxygen atoms in total. The van der Waals surface area contributed by atoms with Gasteiger partial charge in [-0.25, -0.2) is 0 Å². The lowest BCUT2D eigenvalue weighted by molar-refractivity contribution is -0.142. The molecule has 2 aliphatic carbocycles. The van der Waals surface area contributed by atoms with Gasteiger partial charge in [0.15, 0.2) is 0 Å². The fraction of sp³-hybridized carbons (Fsp3) is 0.938. The van der Waals surface area contributed by atoms with Crippen LogP contribution < -0.4 is 5.73 Å². The third-order valence-electron chi connectivity index (χ3n) is 5.20. The van der Waals surface area contributed by atoms with Crippen molar-refractivity contribution in [3.8, 4) is 0 Å². The number of hydrogen-bond donors (Lipinski definition) is 2. The van der Waals surface area contributed by atoms with Crippen molar-refractivity contribution in [2.75, 3.05) is 13.2 Å². The summed E-state index contributed by atoms with van der Waals surface area (Å²) in [6.45, 7) is 2.68. The zero-order valence-corrected chi connectivity index (χ0v) is 12.8. The van der Waals surface area contributed by atoms with Crippen LogP contribution in [0.15, 0.2) is 0 Å². The Kier molecular flexibility index (Phi) is 5.85. The monoisotopic (exact) mass is 282 g/mol. The van der Waals surface area contributed by atoms with E-state index in [2.05, 4.69) is 6.92 Å². The number of nitrogens with zero attached hydrogens (tertiary/aromatic N) is 1. The molecule has 3 N–H and O–H groups in total. The molecule has 3 unspecified atom stereocenters. The number of amides is 1. The maximum Gasteiger partial charge on any atom is 0.227 e. The van der Waals surface area contributed by atoms with Crippen LogP contribution in [0, 0.1) is 11.8 Å². The molecule has 0 aliphatic heterocycles. The normalized spacial score (nSPS) is 32.0. The van der Waals surface area contributed by atoms with Crippen LogP contribution in [-0.4, -0.2) is 41.1 Å². The molecule has 4 heteroatoms. The van der Waals surface area contributed by atoms with E-state index in [1.807, 2.05) is 4.90 Å². The lowest BCUT2D eigenvalue weighted by Crippen LogP contribution is -2.53. The first kappa shape index (κ1) is 15.8. The van der Waals surface area contributed by atoms with Crippen LogP contribution in [0.2, 0.25) is 0 Å². The van der Waals surface area contributed by atoms with Crippen LogP contribution in [-0.2, 0) is 4.79 Å². The lowest BCUT2D eigenvalue weighted by atomic mass is 9.76. The topological polar surface area (TPSA) is 66.6 Å². The molecule has 0 saturated heterocycles. The van der Waals surface area contributed by atoms with Crippen LogP contribution in [0.25, 0.3) is 0 Å². The Bertz CT molecular complexity index is 306. The summed E-state index contributed by atoms with van der Waals surface area (Å²) in [6, 6.07) is 0.320. The number of carbonyl (C=O) groups excluding carboxylic acids is 1. The van der Waals surface area contributed by atoms with Crippen LogP contribution >= 0.6 is 0 Å². The molecule has 0 heterocycles. The SMILES string of the molecule is CC1CCCC(N)C1C(=O)N(CCO)C1CCCCC1. The van der Waals surface area contributed by atoms with Gasteiger partial charge in [0.05, 0.1) is 12.5 Å². The van der Waals surface area contributed by atoms with Crippen LogP contribution in [0.4, 0.5) is 0 Å². The minimum absolute atomic E-state index is 0.00367. The predicted octanol–water partition coefficient (Wildman–Crippen LogP) is 1.90. The van der Waals surface area contributed by atoms with Crippen molar-refractivity contribution in [2.45, 2.75) is 70.4 Å². The number of nitrogens with two attached hydrogens (primary N) is 1. The van der Waals surface area contributed by atoms with E-state index in [0.717, 1.165) is 32.1 Å². The van der Waals surface area contributed by atoms with E-state index >= 15 is 0 Å². The summed E-state index contributed by atoms with van der Waals surface area (Å²) in [5, 5.41) is 9.32. The van der Waals surface area contributed by atoms with Crippen molar-refractivity contribution in [3.05, 3.63) is 0 Å². The van der Waals surface area contributed by atoms with E-state index in [1.54, 1.807) is 0 Å². The van der Waals surface area contributed by atoms with Gasteiger partial charge >= 0.3 is 0 Å². The molecule has 0 bridgehead atoms. The van der Waals surface area contributed by atoms with E-state index in [1.165, 1.54) is 19.3 Å². The highest BCUT2D eigenvalue weighted by Gasteiger charge is 2.38. The largest absolute Gasteiger partial charge is 0.395 e. The molecule has 2 fully saturated rings. The van der Waals surface area contributed by atoms with Crippen molar-refractivity contribution in [1.29, 1.82) is 0 Å². The summed E-state index contributed by atoms with van der Waals surface area (Å²) >= 11 is 0. The summed E-state index contributed by atoms with van der Waals surface area (Å²) < 4.78 is 0. The van der Waals surface area contributed by atoms with E-state index < -0.39 is 0 Å². The van der Waals surface area contributed by atoms with Gasteiger partial charge in [-0.3, -0.25) is 4.79 Å². The molecule has 0 aromatic rings. The second-order valence-electron chi connectivity index (χ2n) is 6.64. The number of aliphatic hydroxyl groups is 1. The second-order valence-corrected chi connectivity index (χ2v) is 6.64. The quantitative estimate of drug-likeness (QED) is 0.827. The van der Waals surface area contributed by atoms with Gasteiger partial charge in [-0.15, -0.1) is 0 Å². The first-order valence-corrected chi connectivity index (χ1v) is 8.32. The molecule has 0 aromatic carbocycles. The Balaban J connectivity index is 2.08. The molecule has 3 atom stereocenters. The standard InChI is InChI=1S/C16H30N2O2/c1-12-6-5-9-14(17)15(12)16(20)18(10-11-19)13-7-3-2-4-8-13/h12-15,19H,2-11,17H2,1H3. The highest BCUT2D eigenvalue weighted by atomic mass is 16.3. The number of rotatable bonds is 4. The molecule has 20 heavy (non-hydrogen) atoms. The van der Waals surface area contributed by atoms with Gasteiger partial charge in [-0.05, 0) is 31.6 Å². The van der Waals surface area contributed by atoms with Gasteiger partial charge in [0.2, 0.25) is 5.91 Å². The second kappa shape index (κ2) is 7.41. The van der Waals surface area contributed by atoms with Crippen LogP contribution in [0.1, 0.15) is 58.3 Å². The molecule has 0 aromatic heterocycles. The molecule has 2 aliphatic rings. The smallest absolute Gasteiger partial charge is 0.227 e. The number of hydrogen-bond acceptors (Lipinski definition) is 3. The maximum atomic E-state index is 12.9. The molecule has 0 radical (unpaired) electrons. The van der Waals surface area contributed by atoms with E-state index in [-0.39, 0.29) is 24.5 Å². The third kappa shape index (κ3) is 3.53. The Morgan fingerprint density at radius 3 is 2.45 bits per heavy atom. The highest BCUT2D eigenvalue weighted by Crippen LogP contribution is 2.32. The summed E-state index contributed by atoms with van der Waals surface area (Å²) in [6.07, 6.45) is 9.04. The maximum absolute atomic E-state index is 12.9. The predicted molar refractivity (Wildman–Crippen MR) is 80.2 cm³/mol. The Morgan fingerprint density at radius 2 is 1.85 bits per heavy atom.